The molecule has 1 aromatic rings. The molecule has 1 amide bonds. The SMILES string of the molecule is CN1CC[C@]2(C(=O)NCCn3cccn3)CCCN(S(=O)(=O)N(C)C)[C@H]2C1. The fraction of sp³-hybridized carbons (Fsp3) is 0.765. The summed E-state index contributed by atoms with van der Waals surface area (Å²) in [5, 5.41) is 7.19. The molecule has 152 valence electrons. The van der Waals surface area contributed by atoms with Crippen LogP contribution in [0, 0.1) is 5.41 Å². The molecule has 2 saturated heterocycles. The Hall–Kier alpha value is -1.49. The molecule has 3 heterocycles. The molecule has 10 heteroatoms. The minimum atomic E-state index is -3.58. The Kier molecular flexibility index (Phi) is 5.90. The van der Waals surface area contributed by atoms with E-state index < -0.39 is 15.6 Å². The van der Waals surface area contributed by atoms with Crippen molar-refractivity contribution < 1.29 is 13.2 Å². The number of rotatable bonds is 6. The van der Waals surface area contributed by atoms with Gasteiger partial charge >= 0.3 is 0 Å². The molecule has 2 atom stereocenters. The van der Waals surface area contributed by atoms with Crippen molar-refractivity contribution in [3.63, 3.8) is 0 Å². The minimum Gasteiger partial charge on any atom is -0.354 e. The second-order valence-electron chi connectivity index (χ2n) is 7.71. The number of nitrogens with one attached hydrogen (secondary N) is 1. The van der Waals surface area contributed by atoms with Crippen LogP contribution < -0.4 is 5.32 Å². The van der Waals surface area contributed by atoms with Gasteiger partial charge in [-0.05, 0) is 38.9 Å². The van der Waals surface area contributed by atoms with Crippen LogP contribution in [-0.2, 0) is 21.5 Å². The van der Waals surface area contributed by atoms with E-state index in [1.54, 1.807) is 29.3 Å². The molecule has 1 aromatic heterocycles. The second-order valence-corrected chi connectivity index (χ2v) is 9.81. The number of likely N-dealkylation sites (tertiary alicyclic amines) is 1. The molecule has 0 saturated carbocycles. The number of piperidine rings is 2. The summed E-state index contributed by atoms with van der Waals surface area (Å²) in [6.07, 6.45) is 5.65. The van der Waals surface area contributed by atoms with Crippen LogP contribution in [0.25, 0.3) is 0 Å². The maximum atomic E-state index is 13.2. The molecule has 0 aromatic carbocycles. The van der Waals surface area contributed by atoms with E-state index in [0.29, 0.717) is 39.0 Å². The zero-order valence-electron chi connectivity index (χ0n) is 16.3. The van der Waals surface area contributed by atoms with Crippen LogP contribution in [0.4, 0.5) is 0 Å². The van der Waals surface area contributed by atoms with E-state index in [-0.39, 0.29) is 11.9 Å². The number of aromatic nitrogens is 2. The predicted molar refractivity (Wildman–Crippen MR) is 102 cm³/mol. The molecular formula is C17H30N6O3S. The highest BCUT2D eigenvalue weighted by Gasteiger charge is 2.55. The van der Waals surface area contributed by atoms with Crippen molar-refractivity contribution in [1.29, 1.82) is 0 Å². The normalized spacial score (nSPS) is 27.5. The van der Waals surface area contributed by atoms with Gasteiger partial charge in [0.25, 0.3) is 10.2 Å². The maximum Gasteiger partial charge on any atom is 0.281 e. The molecular weight excluding hydrogens is 368 g/mol. The number of hydrogen-bond donors (Lipinski definition) is 1. The number of amides is 1. The summed E-state index contributed by atoms with van der Waals surface area (Å²) in [4.78, 5) is 15.4. The summed E-state index contributed by atoms with van der Waals surface area (Å²) in [5.41, 5.74) is -0.669. The van der Waals surface area contributed by atoms with Crippen LogP contribution in [-0.4, -0.2) is 91.0 Å². The van der Waals surface area contributed by atoms with Crippen molar-refractivity contribution in [2.45, 2.75) is 31.8 Å². The highest BCUT2D eigenvalue weighted by atomic mass is 32.2. The zero-order valence-corrected chi connectivity index (χ0v) is 17.2. The molecule has 0 spiro atoms. The van der Waals surface area contributed by atoms with Gasteiger partial charge in [-0.3, -0.25) is 9.48 Å². The number of likely N-dealkylation sites (N-methyl/N-ethyl adjacent to an activating group) is 1. The maximum absolute atomic E-state index is 13.2. The van der Waals surface area contributed by atoms with Crippen molar-refractivity contribution in [1.82, 2.24) is 28.6 Å². The Morgan fingerprint density at radius 2 is 2.11 bits per heavy atom. The van der Waals surface area contributed by atoms with Gasteiger partial charge in [-0.25, -0.2) is 0 Å². The molecule has 9 nitrogen and oxygen atoms in total. The molecule has 0 bridgehead atoms. The van der Waals surface area contributed by atoms with Crippen molar-refractivity contribution in [3.8, 4) is 0 Å². The Labute approximate surface area is 161 Å². The Bertz CT molecular complexity index is 751. The number of fused-ring (bicyclic) bond motifs is 1. The van der Waals surface area contributed by atoms with Gasteiger partial charge in [-0.1, -0.05) is 0 Å². The topological polar surface area (TPSA) is 90.8 Å². The van der Waals surface area contributed by atoms with Gasteiger partial charge in [-0.15, -0.1) is 0 Å². The predicted octanol–water partition coefficient (Wildman–Crippen LogP) is -0.408. The van der Waals surface area contributed by atoms with Crippen molar-refractivity contribution in [2.75, 3.05) is 47.3 Å². The van der Waals surface area contributed by atoms with Gasteiger partial charge in [0.1, 0.15) is 0 Å². The van der Waals surface area contributed by atoms with Gasteiger partial charge in [0, 0.05) is 46.1 Å². The standard InChI is InChI=1S/C17H30N6O3S/c1-20(2)27(25,26)23-11-4-6-17(7-12-21(3)14-15(17)23)16(24)18-9-13-22-10-5-8-19-22/h5,8,10,15H,4,6-7,9,11-14H2,1-3H3,(H,18,24)/t15-,17+/m0/s1. The van der Waals surface area contributed by atoms with Crippen LogP contribution in [0.2, 0.25) is 0 Å². The third kappa shape index (κ3) is 3.89. The van der Waals surface area contributed by atoms with Gasteiger partial charge in [0.15, 0.2) is 0 Å². The molecule has 0 radical (unpaired) electrons. The Morgan fingerprint density at radius 3 is 2.78 bits per heavy atom. The smallest absolute Gasteiger partial charge is 0.281 e. The highest BCUT2D eigenvalue weighted by Crippen LogP contribution is 2.43. The molecule has 2 fully saturated rings. The third-order valence-corrected chi connectivity index (χ3v) is 7.76. The zero-order chi connectivity index (χ0) is 19.7. The Balaban J connectivity index is 1.79. The molecule has 3 rings (SSSR count). The lowest BCUT2D eigenvalue weighted by atomic mass is 9.68. The van der Waals surface area contributed by atoms with Crippen molar-refractivity contribution >= 4 is 16.1 Å². The lowest BCUT2D eigenvalue weighted by Gasteiger charge is -2.52. The van der Waals surface area contributed by atoms with Crippen LogP contribution in [0.5, 0.6) is 0 Å². The first-order chi connectivity index (χ1) is 12.8. The van der Waals surface area contributed by atoms with Gasteiger partial charge in [0.05, 0.1) is 18.0 Å². The summed E-state index contributed by atoms with van der Waals surface area (Å²) in [6, 6.07) is 1.50. The van der Waals surface area contributed by atoms with Crippen molar-refractivity contribution in [2.24, 2.45) is 5.41 Å². The minimum absolute atomic E-state index is 0.0357. The van der Waals surface area contributed by atoms with Gasteiger partial charge < -0.3 is 10.2 Å². The van der Waals surface area contributed by atoms with Gasteiger partial charge in [0.2, 0.25) is 5.91 Å². The van der Waals surface area contributed by atoms with Crippen LogP contribution in [0.3, 0.4) is 0 Å². The molecule has 0 unspecified atom stereocenters. The van der Waals surface area contributed by atoms with E-state index in [0.717, 1.165) is 13.0 Å². The molecule has 0 aliphatic carbocycles. The van der Waals surface area contributed by atoms with Crippen molar-refractivity contribution in [3.05, 3.63) is 18.5 Å². The quantitative estimate of drug-likeness (QED) is 0.704. The van der Waals surface area contributed by atoms with Gasteiger partial charge in [-0.2, -0.15) is 22.1 Å². The second kappa shape index (κ2) is 7.86. The van der Waals surface area contributed by atoms with Crippen LogP contribution in [0.1, 0.15) is 19.3 Å². The molecule has 27 heavy (non-hydrogen) atoms. The number of nitrogens with zero attached hydrogens (tertiary/aromatic N) is 5. The monoisotopic (exact) mass is 398 g/mol. The summed E-state index contributed by atoms with van der Waals surface area (Å²) in [7, 11) is 1.49. The summed E-state index contributed by atoms with van der Waals surface area (Å²) < 4.78 is 30.3. The summed E-state index contributed by atoms with van der Waals surface area (Å²) in [6.45, 7) is 2.89. The van der Waals surface area contributed by atoms with E-state index in [1.165, 1.54) is 4.31 Å². The molecule has 2 aliphatic rings. The van der Waals surface area contributed by atoms with E-state index in [9.17, 15) is 13.2 Å². The third-order valence-electron chi connectivity index (χ3n) is 5.81. The van der Waals surface area contributed by atoms with E-state index >= 15 is 0 Å². The average Bonchev–Trinajstić information content (AvgIpc) is 3.14. The lowest BCUT2D eigenvalue weighted by Crippen LogP contribution is -2.67. The Morgan fingerprint density at radius 1 is 1.33 bits per heavy atom. The van der Waals surface area contributed by atoms with Crippen LogP contribution >= 0.6 is 0 Å². The largest absolute Gasteiger partial charge is 0.354 e. The number of hydrogen-bond acceptors (Lipinski definition) is 5. The van der Waals surface area contributed by atoms with Crippen LogP contribution in [0.15, 0.2) is 18.5 Å². The molecule has 2 aliphatic heterocycles. The number of carbonyl (C=O) groups is 1. The lowest BCUT2D eigenvalue weighted by molar-refractivity contribution is -0.141. The highest BCUT2D eigenvalue weighted by molar-refractivity contribution is 7.86. The first kappa shape index (κ1) is 20.2. The average molecular weight is 399 g/mol. The number of carbonyl (C=O) groups excluding carboxylic acids is 1. The fourth-order valence-electron chi connectivity index (χ4n) is 4.24. The van der Waals surface area contributed by atoms with E-state index in [4.69, 9.17) is 0 Å². The first-order valence-electron chi connectivity index (χ1n) is 9.41. The van der Waals surface area contributed by atoms with E-state index in [2.05, 4.69) is 15.3 Å². The first-order valence-corrected chi connectivity index (χ1v) is 10.8. The molecule has 1 N–H and O–H groups in total. The summed E-state index contributed by atoms with van der Waals surface area (Å²) in [5.74, 6) is -0.0357. The van der Waals surface area contributed by atoms with E-state index in [1.807, 2.05) is 19.3 Å². The summed E-state index contributed by atoms with van der Waals surface area (Å²) >= 11 is 0. The fourth-order valence-corrected chi connectivity index (χ4v) is 5.61.